The molecule has 6 atom stereocenters. The van der Waals surface area contributed by atoms with E-state index in [-0.39, 0.29) is 50.3 Å². The number of amides is 4. The number of imide groups is 2. The number of carbonyl (C=O) groups excluding carboxylic acids is 4. The summed E-state index contributed by atoms with van der Waals surface area (Å²) in [4.78, 5) is 68.9. The van der Waals surface area contributed by atoms with Crippen LogP contribution < -0.4 is 9.64 Å². The van der Waals surface area contributed by atoms with Gasteiger partial charge in [0.15, 0.2) is 0 Å². The Labute approximate surface area is 242 Å². The maximum Gasteiger partial charge on any atom is 0.305 e. The second-order valence-electron chi connectivity index (χ2n) is 11.6. The summed E-state index contributed by atoms with van der Waals surface area (Å²) in [5.74, 6) is -5.08. The third-order valence-corrected chi connectivity index (χ3v) is 9.50. The highest BCUT2D eigenvalue weighted by Crippen LogP contribution is 2.63. The fourth-order valence-electron chi connectivity index (χ4n) is 7.63. The number of rotatable bonds is 8. The monoisotopic (exact) mass is 572 g/mol. The average molecular weight is 573 g/mol. The molecule has 6 rings (SSSR count). The molecule has 2 aliphatic heterocycles. The minimum Gasteiger partial charge on any atom is -0.491 e. The molecule has 10 nitrogen and oxygen atoms in total. The Kier molecular flexibility index (Phi) is 6.97. The molecule has 0 spiro atoms. The van der Waals surface area contributed by atoms with Gasteiger partial charge in [-0.1, -0.05) is 42.0 Å². The molecule has 2 saturated heterocycles. The van der Waals surface area contributed by atoms with E-state index in [0.29, 0.717) is 17.9 Å². The molecule has 2 aromatic carbocycles. The molecular weight excluding hydrogens is 540 g/mol. The minimum atomic E-state index is -1.15. The molecular formula is C32H32N2O8. The number of benzene rings is 2. The first-order valence-electron chi connectivity index (χ1n) is 14.2. The summed E-state index contributed by atoms with van der Waals surface area (Å²) in [6.45, 7) is 1.63. The van der Waals surface area contributed by atoms with Crippen LogP contribution in [-0.2, 0) is 24.0 Å². The van der Waals surface area contributed by atoms with Gasteiger partial charge in [-0.05, 0) is 55.5 Å². The first-order chi connectivity index (χ1) is 20.2. The predicted molar refractivity (Wildman–Crippen MR) is 149 cm³/mol. The third kappa shape index (κ3) is 4.15. The van der Waals surface area contributed by atoms with Crippen LogP contribution in [0.15, 0.2) is 66.2 Å². The molecule has 0 bridgehead atoms. The molecule has 1 saturated carbocycles. The number of para-hydroxylation sites is 1. The lowest BCUT2D eigenvalue weighted by molar-refractivity contribution is -0.142. The van der Waals surface area contributed by atoms with Crippen molar-refractivity contribution in [2.24, 2.45) is 29.1 Å². The van der Waals surface area contributed by atoms with E-state index in [9.17, 15) is 24.0 Å². The summed E-state index contributed by atoms with van der Waals surface area (Å²) in [5.41, 5.74) is 0.973. The molecule has 2 N–H and O–H groups in total. The fourth-order valence-corrected chi connectivity index (χ4v) is 7.63. The molecule has 10 heteroatoms. The molecule has 0 aromatic heterocycles. The second-order valence-corrected chi connectivity index (χ2v) is 11.6. The van der Waals surface area contributed by atoms with Gasteiger partial charge < -0.3 is 14.9 Å². The van der Waals surface area contributed by atoms with Gasteiger partial charge in [-0.15, -0.1) is 0 Å². The zero-order valence-corrected chi connectivity index (χ0v) is 23.1. The summed E-state index contributed by atoms with van der Waals surface area (Å²) in [5, 5.41) is 18.3. The number of aliphatic hydroxyl groups is 1. The Morgan fingerprint density at radius 1 is 0.976 bits per heavy atom. The molecule has 2 aromatic rings. The number of likely N-dealkylation sites (tertiary alicyclic amines) is 1. The second kappa shape index (κ2) is 10.5. The number of allylic oxidation sites excluding steroid dienone is 2. The van der Waals surface area contributed by atoms with Crippen molar-refractivity contribution in [2.75, 3.05) is 24.7 Å². The lowest BCUT2D eigenvalue weighted by Gasteiger charge is -2.49. The molecule has 4 amide bonds. The summed E-state index contributed by atoms with van der Waals surface area (Å²) < 4.78 is 5.54. The number of hydrogen-bond acceptors (Lipinski definition) is 7. The van der Waals surface area contributed by atoms with Gasteiger partial charge >= 0.3 is 5.97 Å². The Morgan fingerprint density at radius 2 is 1.69 bits per heavy atom. The van der Waals surface area contributed by atoms with E-state index < -0.39 is 46.9 Å². The number of carbonyl (C=O) groups is 5. The number of aliphatic hydroxyl groups excluding tert-OH is 1. The summed E-state index contributed by atoms with van der Waals surface area (Å²) in [6, 6.07) is 16.0. The SMILES string of the molecule is CC12C(=O)N(c3ccccc3)C(=O)C1CC1C(=CCC3C(=O)N(CCC(=O)O)C(=O)C31)C2c1ccc(OCCO)cc1. The van der Waals surface area contributed by atoms with Crippen LogP contribution >= 0.6 is 0 Å². The van der Waals surface area contributed by atoms with Crippen LogP contribution in [0.3, 0.4) is 0 Å². The zero-order chi connectivity index (χ0) is 29.8. The van der Waals surface area contributed by atoms with E-state index in [0.717, 1.165) is 16.0 Å². The zero-order valence-electron chi connectivity index (χ0n) is 23.1. The van der Waals surface area contributed by atoms with Gasteiger partial charge in [0.25, 0.3) is 0 Å². The van der Waals surface area contributed by atoms with Crippen LogP contribution in [0.1, 0.15) is 37.7 Å². The number of aliphatic carboxylic acids is 1. The van der Waals surface area contributed by atoms with Crippen molar-refractivity contribution in [1.29, 1.82) is 0 Å². The maximum absolute atomic E-state index is 14.3. The van der Waals surface area contributed by atoms with Crippen molar-refractivity contribution < 1.29 is 38.9 Å². The van der Waals surface area contributed by atoms with Crippen molar-refractivity contribution in [3.8, 4) is 5.75 Å². The molecule has 0 radical (unpaired) electrons. The highest BCUT2D eigenvalue weighted by molar-refractivity contribution is 6.24. The Balaban J connectivity index is 1.44. The average Bonchev–Trinajstić information content (AvgIpc) is 3.35. The van der Waals surface area contributed by atoms with Crippen LogP contribution in [0.2, 0.25) is 0 Å². The Hall–Kier alpha value is -4.31. The lowest BCUT2D eigenvalue weighted by atomic mass is 9.51. The van der Waals surface area contributed by atoms with Gasteiger partial charge in [-0.2, -0.15) is 0 Å². The predicted octanol–water partition coefficient (Wildman–Crippen LogP) is 2.76. The van der Waals surface area contributed by atoms with Gasteiger partial charge in [-0.3, -0.25) is 28.9 Å². The molecule has 2 aliphatic carbocycles. The van der Waals surface area contributed by atoms with E-state index in [1.165, 1.54) is 4.90 Å². The molecule has 4 aliphatic rings. The number of carboxylic acid groups (broad SMARTS) is 1. The minimum absolute atomic E-state index is 0.131. The van der Waals surface area contributed by atoms with Crippen LogP contribution in [-0.4, -0.2) is 64.5 Å². The van der Waals surface area contributed by atoms with Crippen molar-refractivity contribution >= 4 is 35.3 Å². The highest BCUT2D eigenvalue weighted by atomic mass is 16.5. The van der Waals surface area contributed by atoms with Gasteiger partial charge in [0, 0.05) is 12.5 Å². The smallest absolute Gasteiger partial charge is 0.305 e. The Bertz CT molecular complexity index is 1490. The normalized spacial score (nSPS) is 30.1. The lowest BCUT2D eigenvalue weighted by Crippen LogP contribution is -2.48. The van der Waals surface area contributed by atoms with Gasteiger partial charge in [-0.25, -0.2) is 4.90 Å². The molecule has 2 heterocycles. The van der Waals surface area contributed by atoms with E-state index in [2.05, 4.69) is 0 Å². The maximum atomic E-state index is 14.3. The van der Waals surface area contributed by atoms with Crippen LogP contribution in [0.5, 0.6) is 5.75 Å². The molecule has 218 valence electrons. The number of ether oxygens (including phenoxy) is 1. The first-order valence-corrected chi connectivity index (χ1v) is 14.2. The molecule has 42 heavy (non-hydrogen) atoms. The first kappa shape index (κ1) is 27.8. The number of hydrogen-bond donors (Lipinski definition) is 2. The number of fused-ring (bicyclic) bond motifs is 4. The number of carboxylic acids is 1. The third-order valence-electron chi connectivity index (χ3n) is 9.50. The summed E-state index contributed by atoms with van der Waals surface area (Å²) in [6.07, 6.45) is 2.15. The van der Waals surface area contributed by atoms with Crippen LogP contribution in [0, 0.1) is 29.1 Å². The quantitative estimate of drug-likeness (QED) is 0.363. The van der Waals surface area contributed by atoms with Crippen molar-refractivity contribution in [2.45, 2.75) is 32.1 Å². The largest absolute Gasteiger partial charge is 0.491 e. The van der Waals surface area contributed by atoms with Crippen molar-refractivity contribution in [1.82, 2.24) is 4.90 Å². The summed E-state index contributed by atoms with van der Waals surface area (Å²) >= 11 is 0. The number of anilines is 1. The van der Waals surface area contributed by atoms with Crippen LogP contribution in [0.4, 0.5) is 5.69 Å². The van der Waals surface area contributed by atoms with Gasteiger partial charge in [0.2, 0.25) is 23.6 Å². The standard InChI is InChI=1S/C32H32N2O8/c1-32-24(29(39)34(31(32)41)19-5-3-2-4-6-19)17-23-21(27(32)18-7-9-20(10-8-18)42-16-15-35)11-12-22-26(23)30(40)33(28(22)38)14-13-25(36)37/h2-11,22-24,26-27,35H,12-17H2,1H3,(H,36,37). The topological polar surface area (TPSA) is 142 Å². The van der Waals surface area contributed by atoms with Gasteiger partial charge in [0.05, 0.1) is 41.9 Å². The molecule has 3 fully saturated rings. The van der Waals surface area contributed by atoms with E-state index >= 15 is 0 Å². The van der Waals surface area contributed by atoms with Crippen molar-refractivity contribution in [3.05, 3.63) is 71.8 Å². The Morgan fingerprint density at radius 3 is 2.36 bits per heavy atom. The summed E-state index contributed by atoms with van der Waals surface area (Å²) in [7, 11) is 0. The van der Waals surface area contributed by atoms with Crippen molar-refractivity contribution in [3.63, 3.8) is 0 Å². The van der Waals surface area contributed by atoms with E-state index in [1.54, 1.807) is 36.4 Å². The van der Waals surface area contributed by atoms with Gasteiger partial charge in [0.1, 0.15) is 12.4 Å². The highest BCUT2D eigenvalue weighted by Gasteiger charge is 2.67. The van der Waals surface area contributed by atoms with Crippen LogP contribution in [0.25, 0.3) is 0 Å². The van der Waals surface area contributed by atoms with E-state index in [1.807, 2.05) is 31.2 Å². The van der Waals surface area contributed by atoms with E-state index in [4.69, 9.17) is 14.9 Å². The molecule has 6 unspecified atom stereocenters. The fraction of sp³-hybridized carbons (Fsp3) is 0.406. The number of nitrogens with zero attached hydrogens (tertiary/aromatic N) is 2.